The minimum atomic E-state index is -1.26. The molecule has 0 bridgehead atoms. The molecule has 7 heteroatoms. The lowest BCUT2D eigenvalue weighted by atomic mass is 9.98. The third-order valence-electron chi connectivity index (χ3n) is 3.27. The summed E-state index contributed by atoms with van der Waals surface area (Å²) in [5, 5.41) is 23.5. The summed E-state index contributed by atoms with van der Waals surface area (Å²) in [4.78, 5) is 2.69. The fraction of sp³-hybridized carbons (Fsp3) is 0.538. The van der Waals surface area contributed by atoms with Gasteiger partial charge in [-0.15, -0.1) is 0 Å². The molecule has 0 amide bonds. The Hall–Kier alpha value is -1.63. The van der Waals surface area contributed by atoms with Crippen LogP contribution in [0, 0.1) is 0 Å². The lowest BCUT2D eigenvalue weighted by molar-refractivity contribution is -0.264. The molecule has 1 heterocycles. The zero-order valence-corrected chi connectivity index (χ0v) is 11.0. The van der Waals surface area contributed by atoms with Crippen LogP contribution in [0.25, 0.3) is 10.4 Å². The average molecular weight is 279 g/mol. The normalized spacial score (nSPS) is 33.5. The molecule has 2 rings (SSSR count). The fourth-order valence-electron chi connectivity index (χ4n) is 2.19. The van der Waals surface area contributed by atoms with Crippen molar-refractivity contribution in [1.29, 1.82) is 0 Å². The monoisotopic (exact) mass is 279 g/mol. The molecule has 108 valence electrons. The molecule has 1 aromatic rings. The van der Waals surface area contributed by atoms with E-state index in [-0.39, 0.29) is 6.61 Å². The van der Waals surface area contributed by atoms with Crippen molar-refractivity contribution in [1.82, 2.24) is 0 Å². The molecule has 1 aliphatic heterocycles. The van der Waals surface area contributed by atoms with Gasteiger partial charge in [-0.05, 0) is 18.0 Å². The number of aliphatic hydroxyl groups is 2. The number of benzene rings is 1. The summed E-state index contributed by atoms with van der Waals surface area (Å²) in [6.45, 7) is 1.85. The highest BCUT2D eigenvalue weighted by molar-refractivity contribution is 5.13. The van der Waals surface area contributed by atoms with Crippen LogP contribution in [0.5, 0.6) is 0 Å². The predicted molar refractivity (Wildman–Crippen MR) is 70.5 cm³/mol. The first kappa shape index (κ1) is 14.8. The van der Waals surface area contributed by atoms with Crippen molar-refractivity contribution in [3.8, 4) is 0 Å². The number of rotatable bonds is 4. The Morgan fingerprint density at radius 3 is 2.70 bits per heavy atom. The van der Waals surface area contributed by atoms with Crippen LogP contribution in [0.2, 0.25) is 0 Å². The van der Waals surface area contributed by atoms with Gasteiger partial charge in [-0.2, -0.15) is 0 Å². The molecule has 0 spiro atoms. The lowest BCUT2D eigenvalue weighted by Gasteiger charge is -2.39. The molecule has 5 atom stereocenters. The SMILES string of the molecule is C[C@H]1O[C@H](O)[C@@H](OCc2ccccc2)[C@@H](O)[C@@H]1N=[N+]=[N-]. The highest BCUT2D eigenvalue weighted by atomic mass is 16.6. The summed E-state index contributed by atoms with van der Waals surface area (Å²) in [7, 11) is 0. The van der Waals surface area contributed by atoms with Gasteiger partial charge in [-0.25, -0.2) is 0 Å². The summed E-state index contributed by atoms with van der Waals surface area (Å²) in [5.74, 6) is 0. The first-order valence-electron chi connectivity index (χ1n) is 6.35. The Balaban J connectivity index is 2.03. The minimum Gasteiger partial charge on any atom is -0.390 e. The molecule has 1 aromatic carbocycles. The van der Waals surface area contributed by atoms with Gasteiger partial charge in [0.2, 0.25) is 0 Å². The van der Waals surface area contributed by atoms with Crippen molar-refractivity contribution in [3.63, 3.8) is 0 Å². The molecule has 7 nitrogen and oxygen atoms in total. The molecule has 1 fully saturated rings. The topological polar surface area (TPSA) is 108 Å². The molecule has 0 radical (unpaired) electrons. The van der Waals surface area contributed by atoms with E-state index in [2.05, 4.69) is 10.0 Å². The smallest absolute Gasteiger partial charge is 0.184 e. The summed E-state index contributed by atoms with van der Waals surface area (Å²) in [5.41, 5.74) is 9.41. The summed E-state index contributed by atoms with van der Waals surface area (Å²) in [6, 6.07) is 8.58. The van der Waals surface area contributed by atoms with Crippen LogP contribution in [0.1, 0.15) is 12.5 Å². The van der Waals surface area contributed by atoms with E-state index < -0.39 is 30.6 Å². The van der Waals surface area contributed by atoms with E-state index in [0.29, 0.717) is 0 Å². The summed E-state index contributed by atoms with van der Waals surface area (Å²) >= 11 is 0. The van der Waals surface area contributed by atoms with Crippen molar-refractivity contribution in [2.75, 3.05) is 0 Å². The van der Waals surface area contributed by atoms with E-state index in [1.807, 2.05) is 30.3 Å². The lowest BCUT2D eigenvalue weighted by Crippen LogP contribution is -2.56. The Bertz CT molecular complexity index is 478. The molecular weight excluding hydrogens is 262 g/mol. The molecule has 1 aliphatic rings. The van der Waals surface area contributed by atoms with Gasteiger partial charge >= 0.3 is 0 Å². The second kappa shape index (κ2) is 6.69. The highest BCUT2D eigenvalue weighted by Gasteiger charge is 2.43. The fourth-order valence-corrected chi connectivity index (χ4v) is 2.19. The molecule has 1 saturated heterocycles. The average Bonchev–Trinajstić information content (AvgIpc) is 2.44. The zero-order chi connectivity index (χ0) is 14.5. The van der Waals surface area contributed by atoms with Crippen LogP contribution in [-0.4, -0.2) is 40.9 Å². The van der Waals surface area contributed by atoms with Crippen LogP contribution in [-0.2, 0) is 16.1 Å². The Morgan fingerprint density at radius 1 is 1.35 bits per heavy atom. The zero-order valence-electron chi connectivity index (χ0n) is 11.0. The first-order chi connectivity index (χ1) is 9.63. The first-order valence-corrected chi connectivity index (χ1v) is 6.35. The maximum Gasteiger partial charge on any atom is 0.184 e. The van der Waals surface area contributed by atoms with E-state index >= 15 is 0 Å². The number of hydrogen-bond donors (Lipinski definition) is 2. The highest BCUT2D eigenvalue weighted by Crippen LogP contribution is 2.25. The Kier molecular flexibility index (Phi) is 4.94. The van der Waals surface area contributed by atoms with Crippen LogP contribution in [0.15, 0.2) is 35.4 Å². The van der Waals surface area contributed by atoms with Crippen molar-refractivity contribution in [2.24, 2.45) is 5.11 Å². The van der Waals surface area contributed by atoms with Gasteiger partial charge in [0.25, 0.3) is 0 Å². The second-order valence-electron chi connectivity index (χ2n) is 4.68. The van der Waals surface area contributed by atoms with Gasteiger partial charge in [0.15, 0.2) is 6.29 Å². The van der Waals surface area contributed by atoms with Gasteiger partial charge in [-0.1, -0.05) is 35.4 Å². The predicted octanol–water partition coefficient (Wildman–Crippen LogP) is 1.35. The van der Waals surface area contributed by atoms with Crippen molar-refractivity contribution in [3.05, 3.63) is 46.3 Å². The van der Waals surface area contributed by atoms with Gasteiger partial charge in [0.05, 0.1) is 24.9 Å². The minimum absolute atomic E-state index is 0.223. The van der Waals surface area contributed by atoms with Crippen LogP contribution in [0.3, 0.4) is 0 Å². The number of hydrogen-bond acceptors (Lipinski definition) is 5. The number of azide groups is 1. The molecule has 0 aromatic heterocycles. The number of nitrogens with zero attached hydrogens (tertiary/aromatic N) is 3. The molecule has 20 heavy (non-hydrogen) atoms. The quantitative estimate of drug-likeness (QED) is 0.492. The summed E-state index contributed by atoms with van der Waals surface area (Å²) < 4.78 is 10.7. The molecule has 0 aliphatic carbocycles. The Morgan fingerprint density at radius 2 is 2.05 bits per heavy atom. The maximum atomic E-state index is 10.1. The van der Waals surface area contributed by atoms with Gasteiger partial charge in [0, 0.05) is 4.91 Å². The maximum absolute atomic E-state index is 10.1. The molecule has 0 unspecified atom stereocenters. The van der Waals surface area contributed by atoms with Crippen LogP contribution >= 0.6 is 0 Å². The number of aliphatic hydroxyl groups excluding tert-OH is 2. The molecular formula is C13H17N3O4. The van der Waals surface area contributed by atoms with Crippen molar-refractivity contribution >= 4 is 0 Å². The van der Waals surface area contributed by atoms with E-state index in [0.717, 1.165) is 5.56 Å². The van der Waals surface area contributed by atoms with Crippen molar-refractivity contribution < 1.29 is 19.7 Å². The second-order valence-corrected chi connectivity index (χ2v) is 4.68. The van der Waals surface area contributed by atoms with Crippen LogP contribution in [0.4, 0.5) is 0 Å². The standard InChI is InChI=1S/C13H17N3O4/c1-8-10(15-16-14)11(17)12(13(18)20-8)19-7-9-5-3-2-4-6-9/h2-6,8,10-13,17-18H,7H2,1H3/t8-,10-,11+,12+,13+/m1/s1. The largest absolute Gasteiger partial charge is 0.390 e. The Labute approximate surface area is 116 Å². The van der Waals surface area contributed by atoms with Crippen molar-refractivity contribution in [2.45, 2.75) is 44.2 Å². The molecule has 2 N–H and O–H groups in total. The van der Waals surface area contributed by atoms with E-state index in [4.69, 9.17) is 15.0 Å². The third kappa shape index (κ3) is 3.27. The third-order valence-corrected chi connectivity index (χ3v) is 3.27. The summed E-state index contributed by atoms with van der Waals surface area (Å²) in [6.07, 6.45) is -3.91. The van der Waals surface area contributed by atoms with Gasteiger partial charge in [0.1, 0.15) is 6.10 Å². The van der Waals surface area contributed by atoms with Gasteiger partial charge < -0.3 is 19.7 Å². The van der Waals surface area contributed by atoms with Gasteiger partial charge in [-0.3, -0.25) is 0 Å². The van der Waals surface area contributed by atoms with Crippen LogP contribution < -0.4 is 0 Å². The molecule has 0 saturated carbocycles. The van der Waals surface area contributed by atoms with E-state index in [1.54, 1.807) is 6.92 Å². The number of ether oxygens (including phenoxy) is 2. The van der Waals surface area contributed by atoms with E-state index in [1.165, 1.54) is 0 Å². The van der Waals surface area contributed by atoms with E-state index in [9.17, 15) is 10.2 Å².